The molecule has 196 valence electrons. The molecule has 0 bridgehead atoms. The van der Waals surface area contributed by atoms with E-state index in [0.29, 0.717) is 30.1 Å². The van der Waals surface area contributed by atoms with Crippen LogP contribution in [0, 0.1) is 6.92 Å². The number of nitrogens with one attached hydrogen (secondary N) is 1. The minimum Gasteiger partial charge on any atom is -0.352 e. The van der Waals surface area contributed by atoms with E-state index < -0.39 is 28.5 Å². The fourth-order valence-corrected chi connectivity index (χ4v) is 5.63. The molecule has 1 saturated carbocycles. The minimum absolute atomic E-state index is 0.125. The minimum atomic E-state index is -3.79. The average molecular weight is 534 g/mol. The summed E-state index contributed by atoms with van der Waals surface area (Å²) in [6, 6.07) is 14.1. The monoisotopic (exact) mass is 533 g/mol. The molecule has 0 unspecified atom stereocenters. The van der Waals surface area contributed by atoms with Crippen LogP contribution in [-0.2, 0) is 26.0 Å². The summed E-state index contributed by atoms with van der Waals surface area (Å²) in [7, 11) is -3.79. The molecule has 3 rings (SSSR count). The van der Waals surface area contributed by atoms with Crippen molar-refractivity contribution >= 4 is 39.1 Å². The first-order valence-corrected chi connectivity index (χ1v) is 14.7. The van der Waals surface area contributed by atoms with Gasteiger partial charge in [0.25, 0.3) is 0 Å². The fourth-order valence-electron chi connectivity index (χ4n) is 4.61. The zero-order chi connectivity index (χ0) is 26.3. The van der Waals surface area contributed by atoms with Gasteiger partial charge in [0.2, 0.25) is 21.8 Å². The lowest BCUT2D eigenvalue weighted by atomic mass is 10.1. The van der Waals surface area contributed by atoms with Gasteiger partial charge in [-0.1, -0.05) is 67.8 Å². The number of rotatable bonds is 11. The standard InChI is InChI=1S/C27H36ClN3O4S/c1-4-25(27(33)29-22-12-8-9-13-22)30(17-16-21-10-6-5-7-11-21)26(32)19-31(36(3,34)35)23-15-14-20(2)24(28)18-23/h5-7,10-11,14-15,18,22,25H,4,8-9,12-13,16-17,19H2,1-3H3,(H,29,33)/t25-/m0/s1. The number of aryl methyl sites for hydroxylation is 1. The van der Waals surface area contributed by atoms with E-state index in [9.17, 15) is 18.0 Å². The van der Waals surface area contributed by atoms with Crippen LogP contribution in [0.1, 0.15) is 50.2 Å². The van der Waals surface area contributed by atoms with Crippen molar-refractivity contribution in [1.29, 1.82) is 0 Å². The molecule has 1 atom stereocenters. The molecule has 0 heterocycles. The van der Waals surface area contributed by atoms with Crippen LogP contribution in [0.25, 0.3) is 0 Å². The molecule has 1 fully saturated rings. The largest absolute Gasteiger partial charge is 0.352 e. The molecule has 1 N–H and O–H groups in total. The molecule has 7 nitrogen and oxygen atoms in total. The van der Waals surface area contributed by atoms with Crippen LogP contribution >= 0.6 is 11.6 Å². The molecule has 0 radical (unpaired) electrons. The van der Waals surface area contributed by atoms with Gasteiger partial charge in [0.1, 0.15) is 12.6 Å². The molecular formula is C27H36ClN3O4S. The summed E-state index contributed by atoms with van der Waals surface area (Å²) in [5.74, 6) is -0.614. The Bertz CT molecular complexity index is 1150. The summed E-state index contributed by atoms with van der Waals surface area (Å²) >= 11 is 6.25. The molecule has 36 heavy (non-hydrogen) atoms. The van der Waals surface area contributed by atoms with E-state index >= 15 is 0 Å². The molecule has 1 aliphatic carbocycles. The van der Waals surface area contributed by atoms with Gasteiger partial charge in [-0.15, -0.1) is 0 Å². The van der Waals surface area contributed by atoms with Crippen LogP contribution in [0.4, 0.5) is 5.69 Å². The predicted octanol–water partition coefficient (Wildman–Crippen LogP) is 4.32. The second kappa shape index (κ2) is 12.6. The zero-order valence-corrected chi connectivity index (χ0v) is 22.8. The van der Waals surface area contributed by atoms with Gasteiger partial charge in [-0.3, -0.25) is 13.9 Å². The van der Waals surface area contributed by atoms with Crippen molar-refractivity contribution in [3.63, 3.8) is 0 Å². The third-order valence-electron chi connectivity index (χ3n) is 6.69. The number of carbonyl (C=O) groups is 2. The molecule has 2 aromatic carbocycles. The van der Waals surface area contributed by atoms with Crippen LogP contribution in [-0.4, -0.2) is 56.6 Å². The Morgan fingerprint density at radius 2 is 1.78 bits per heavy atom. The summed E-state index contributed by atoms with van der Waals surface area (Å²) in [6.45, 7) is 3.57. The Labute approximate surface area is 219 Å². The molecule has 2 amide bonds. The third-order valence-corrected chi connectivity index (χ3v) is 8.24. The summed E-state index contributed by atoms with van der Waals surface area (Å²) in [5, 5.41) is 3.52. The molecule has 0 spiro atoms. The van der Waals surface area contributed by atoms with Crippen molar-refractivity contribution in [2.45, 2.75) is 64.5 Å². The van der Waals surface area contributed by atoms with Crippen molar-refractivity contribution in [2.75, 3.05) is 23.7 Å². The number of carbonyl (C=O) groups excluding carboxylic acids is 2. The Hall–Kier alpha value is -2.58. The quantitative estimate of drug-likeness (QED) is 0.466. The average Bonchev–Trinajstić information content (AvgIpc) is 3.34. The van der Waals surface area contributed by atoms with Crippen LogP contribution in [0.3, 0.4) is 0 Å². The van der Waals surface area contributed by atoms with Crippen molar-refractivity contribution < 1.29 is 18.0 Å². The van der Waals surface area contributed by atoms with E-state index in [2.05, 4.69) is 5.32 Å². The van der Waals surface area contributed by atoms with E-state index in [0.717, 1.165) is 47.4 Å². The van der Waals surface area contributed by atoms with Gasteiger partial charge in [-0.25, -0.2) is 8.42 Å². The molecule has 0 aromatic heterocycles. The van der Waals surface area contributed by atoms with Gasteiger partial charge in [0, 0.05) is 17.6 Å². The molecule has 1 aliphatic rings. The van der Waals surface area contributed by atoms with Gasteiger partial charge in [-0.05, 0) is 55.9 Å². The van der Waals surface area contributed by atoms with E-state index in [4.69, 9.17) is 11.6 Å². The number of anilines is 1. The van der Waals surface area contributed by atoms with Crippen LogP contribution in [0.2, 0.25) is 5.02 Å². The highest BCUT2D eigenvalue weighted by Crippen LogP contribution is 2.25. The maximum Gasteiger partial charge on any atom is 0.244 e. The highest BCUT2D eigenvalue weighted by molar-refractivity contribution is 7.92. The normalized spacial score (nSPS) is 14.9. The van der Waals surface area contributed by atoms with Gasteiger partial charge in [0.05, 0.1) is 11.9 Å². The molecule has 0 aliphatic heterocycles. The molecular weight excluding hydrogens is 498 g/mol. The first kappa shape index (κ1) is 28.0. The highest BCUT2D eigenvalue weighted by Gasteiger charge is 2.32. The first-order valence-electron chi connectivity index (χ1n) is 12.5. The van der Waals surface area contributed by atoms with Crippen molar-refractivity contribution in [3.05, 3.63) is 64.7 Å². The van der Waals surface area contributed by atoms with E-state index in [1.807, 2.05) is 44.2 Å². The van der Waals surface area contributed by atoms with Crippen LogP contribution in [0.5, 0.6) is 0 Å². The van der Waals surface area contributed by atoms with Crippen molar-refractivity contribution in [1.82, 2.24) is 10.2 Å². The summed E-state index contributed by atoms with van der Waals surface area (Å²) in [5.41, 5.74) is 2.15. The number of hydrogen-bond donors (Lipinski definition) is 1. The smallest absolute Gasteiger partial charge is 0.244 e. The first-order chi connectivity index (χ1) is 17.1. The summed E-state index contributed by atoms with van der Waals surface area (Å²) in [6.07, 6.45) is 6.09. The Morgan fingerprint density at radius 3 is 2.36 bits per heavy atom. The SMILES string of the molecule is CC[C@@H](C(=O)NC1CCCC1)N(CCc1ccccc1)C(=O)CN(c1ccc(C)c(Cl)c1)S(C)(=O)=O. The van der Waals surface area contributed by atoms with Gasteiger partial charge in [-0.2, -0.15) is 0 Å². The highest BCUT2D eigenvalue weighted by atomic mass is 35.5. The second-order valence-electron chi connectivity index (χ2n) is 9.44. The number of halogens is 1. The van der Waals surface area contributed by atoms with Crippen LogP contribution < -0.4 is 9.62 Å². The van der Waals surface area contributed by atoms with Gasteiger partial charge in [0.15, 0.2) is 0 Å². The zero-order valence-electron chi connectivity index (χ0n) is 21.2. The second-order valence-corrected chi connectivity index (χ2v) is 11.8. The number of nitrogens with zero attached hydrogens (tertiary/aromatic N) is 2. The number of benzene rings is 2. The third kappa shape index (κ3) is 7.46. The predicted molar refractivity (Wildman–Crippen MR) is 145 cm³/mol. The lowest BCUT2D eigenvalue weighted by Gasteiger charge is -2.33. The van der Waals surface area contributed by atoms with E-state index in [1.54, 1.807) is 18.2 Å². The van der Waals surface area contributed by atoms with E-state index in [1.165, 1.54) is 4.90 Å². The molecule has 9 heteroatoms. The maximum absolute atomic E-state index is 13.7. The maximum atomic E-state index is 13.7. The van der Waals surface area contributed by atoms with Crippen molar-refractivity contribution in [3.8, 4) is 0 Å². The number of hydrogen-bond acceptors (Lipinski definition) is 4. The number of amides is 2. The topological polar surface area (TPSA) is 86.8 Å². The fraction of sp³-hybridized carbons (Fsp3) is 0.481. The Morgan fingerprint density at radius 1 is 1.11 bits per heavy atom. The van der Waals surface area contributed by atoms with E-state index in [-0.39, 0.29) is 11.9 Å². The molecule has 2 aromatic rings. The lowest BCUT2D eigenvalue weighted by molar-refractivity contribution is -0.139. The summed E-state index contributed by atoms with van der Waals surface area (Å²) < 4.78 is 26.5. The van der Waals surface area contributed by atoms with Crippen LogP contribution in [0.15, 0.2) is 48.5 Å². The lowest BCUT2D eigenvalue weighted by Crippen LogP contribution is -2.54. The van der Waals surface area contributed by atoms with Gasteiger partial charge >= 0.3 is 0 Å². The van der Waals surface area contributed by atoms with Gasteiger partial charge < -0.3 is 10.2 Å². The van der Waals surface area contributed by atoms with Crippen molar-refractivity contribution in [2.24, 2.45) is 0 Å². The number of sulfonamides is 1. The Balaban J connectivity index is 1.87. The Kier molecular flexibility index (Phi) is 9.79. The summed E-state index contributed by atoms with van der Waals surface area (Å²) in [4.78, 5) is 28.5. The molecule has 0 saturated heterocycles.